The fourth-order valence-corrected chi connectivity index (χ4v) is 5.35. The van der Waals surface area contributed by atoms with Crippen LogP contribution in [0.2, 0.25) is 0 Å². The van der Waals surface area contributed by atoms with Crippen LogP contribution in [0.1, 0.15) is 48.0 Å². The molecule has 2 aromatic carbocycles. The van der Waals surface area contributed by atoms with E-state index in [1.54, 1.807) is 6.07 Å². The molecule has 2 unspecified atom stereocenters. The van der Waals surface area contributed by atoms with E-state index in [9.17, 15) is 23.1 Å². The Labute approximate surface area is 182 Å². The van der Waals surface area contributed by atoms with Crippen molar-refractivity contribution in [1.29, 1.82) is 0 Å². The summed E-state index contributed by atoms with van der Waals surface area (Å²) in [7, 11) is 1.46. The summed E-state index contributed by atoms with van der Waals surface area (Å²) >= 11 is 1.04. The van der Waals surface area contributed by atoms with Crippen LogP contribution in [0.15, 0.2) is 41.3 Å². The summed E-state index contributed by atoms with van der Waals surface area (Å²) in [5, 5.41) is 9.26. The summed E-state index contributed by atoms with van der Waals surface area (Å²) in [6.45, 7) is 0. The van der Waals surface area contributed by atoms with Gasteiger partial charge in [0.25, 0.3) is 0 Å². The van der Waals surface area contributed by atoms with Crippen LogP contribution in [0.4, 0.5) is 24.5 Å². The first-order valence-corrected chi connectivity index (χ1v) is 10.9. The topological polar surface area (TPSA) is 61.8 Å². The first-order valence-electron chi connectivity index (χ1n) is 10.1. The summed E-state index contributed by atoms with van der Waals surface area (Å²) in [4.78, 5) is 14.1. The molecule has 166 valence electrons. The van der Waals surface area contributed by atoms with Gasteiger partial charge in [-0.1, -0.05) is 0 Å². The van der Waals surface area contributed by atoms with Gasteiger partial charge in [-0.15, -0.1) is 0 Å². The van der Waals surface area contributed by atoms with E-state index in [0.29, 0.717) is 28.4 Å². The minimum absolute atomic E-state index is 0.0726. The number of methoxy groups -OCH3 is 1. The lowest BCUT2D eigenvalue weighted by molar-refractivity contribution is -0.137. The molecule has 2 saturated heterocycles. The van der Waals surface area contributed by atoms with Gasteiger partial charge in [-0.3, -0.25) is 0 Å². The van der Waals surface area contributed by atoms with E-state index in [-0.39, 0.29) is 5.56 Å². The van der Waals surface area contributed by atoms with Crippen LogP contribution in [-0.2, 0) is 6.18 Å². The second-order valence-electron chi connectivity index (χ2n) is 7.83. The van der Waals surface area contributed by atoms with Crippen molar-refractivity contribution in [2.24, 2.45) is 0 Å². The van der Waals surface area contributed by atoms with Gasteiger partial charge in [0.1, 0.15) is 5.75 Å². The number of carboxylic acids is 1. The molecule has 2 N–H and O–H groups in total. The predicted octanol–water partition coefficient (Wildman–Crippen LogP) is 6.05. The van der Waals surface area contributed by atoms with Crippen molar-refractivity contribution in [3.05, 3.63) is 47.5 Å². The van der Waals surface area contributed by atoms with Crippen LogP contribution >= 0.6 is 11.9 Å². The van der Waals surface area contributed by atoms with Crippen LogP contribution in [-0.4, -0.2) is 30.3 Å². The second-order valence-corrected chi connectivity index (χ2v) is 8.68. The number of halogens is 3. The van der Waals surface area contributed by atoms with E-state index in [4.69, 9.17) is 4.74 Å². The number of piperidine rings is 1. The molecule has 0 radical (unpaired) electrons. The van der Waals surface area contributed by atoms with E-state index in [1.807, 2.05) is 0 Å². The zero-order valence-electron chi connectivity index (χ0n) is 16.9. The quantitative estimate of drug-likeness (QED) is 0.520. The molecular formula is C22H23F3N2O3S. The van der Waals surface area contributed by atoms with Crippen LogP contribution < -0.4 is 14.4 Å². The van der Waals surface area contributed by atoms with Gasteiger partial charge in [0.15, 0.2) is 0 Å². The van der Waals surface area contributed by atoms with Gasteiger partial charge in [0.2, 0.25) is 0 Å². The molecule has 2 fully saturated rings. The molecule has 2 heterocycles. The Morgan fingerprint density at radius 3 is 2.45 bits per heavy atom. The van der Waals surface area contributed by atoms with Crippen molar-refractivity contribution in [2.75, 3.05) is 16.7 Å². The normalized spacial score (nSPS) is 20.6. The van der Waals surface area contributed by atoms with Crippen molar-refractivity contribution >= 4 is 29.3 Å². The lowest BCUT2D eigenvalue weighted by Crippen LogP contribution is -2.40. The van der Waals surface area contributed by atoms with Crippen molar-refractivity contribution in [3.63, 3.8) is 0 Å². The number of benzene rings is 2. The number of alkyl halides is 3. The fourth-order valence-electron chi connectivity index (χ4n) is 4.53. The maximum atomic E-state index is 13.4. The number of rotatable bonds is 6. The molecule has 2 bridgehead atoms. The number of hydrogen-bond donors (Lipinski definition) is 2. The maximum absolute atomic E-state index is 13.4. The number of hydrogen-bond acceptors (Lipinski definition) is 5. The Bertz CT molecular complexity index is 967. The van der Waals surface area contributed by atoms with Crippen molar-refractivity contribution in [3.8, 4) is 5.75 Å². The zero-order chi connectivity index (χ0) is 22.2. The molecule has 0 saturated carbocycles. The number of nitrogens with one attached hydrogen (secondary N) is 1. The molecule has 2 aliphatic rings. The molecule has 2 aliphatic heterocycles. The zero-order valence-corrected chi connectivity index (χ0v) is 17.7. The summed E-state index contributed by atoms with van der Waals surface area (Å²) in [5.41, 5.74) is 0.459. The third kappa shape index (κ3) is 4.42. The van der Waals surface area contributed by atoms with Crippen molar-refractivity contribution in [1.82, 2.24) is 0 Å². The number of carbonyl (C=O) groups is 1. The van der Waals surface area contributed by atoms with E-state index >= 15 is 0 Å². The predicted molar refractivity (Wildman–Crippen MR) is 114 cm³/mol. The molecule has 9 heteroatoms. The van der Waals surface area contributed by atoms with Gasteiger partial charge < -0.3 is 19.5 Å². The van der Waals surface area contributed by atoms with Crippen LogP contribution in [0.25, 0.3) is 0 Å². The minimum Gasteiger partial charge on any atom is -0.496 e. The first kappa shape index (κ1) is 21.7. The monoisotopic (exact) mass is 452 g/mol. The fraction of sp³-hybridized carbons (Fsp3) is 0.409. The van der Waals surface area contributed by atoms with Crippen LogP contribution in [0, 0.1) is 0 Å². The van der Waals surface area contributed by atoms with Gasteiger partial charge in [-0.05, 0) is 80.5 Å². The summed E-state index contributed by atoms with van der Waals surface area (Å²) in [5.74, 6) is -0.650. The molecule has 0 spiro atoms. The number of carboxylic acid groups (broad SMARTS) is 1. The van der Waals surface area contributed by atoms with E-state index in [1.165, 1.54) is 25.3 Å². The average molecular weight is 452 g/mol. The van der Waals surface area contributed by atoms with Gasteiger partial charge in [-0.25, -0.2) is 4.79 Å². The van der Waals surface area contributed by atoms with Crippen LogP contribution in [0.3, 0.4) is 0 Å². The lowest BCUT2D eigenvalue weighted by atomic mass is 10.0. The Morgan fingerprint density at radius 1 is 1.13 bits per heavy atom. The standard InChI is InChI=1S/C22H23F3N2O3S/c1-30-19-10-5-13(21(28)29)11-20(19)31-26-17-12-14(22(23,24)25)6-9-18(17)27-15-3-2-4-16(27)8-7-15/h5-6,9-12,15-16,26H,2-4,7-8H2,1H3,(H,28,29). The number of anilines is 2. The first-order chi connectivity index (χ1) is 14.8. The summed E-state index contributed by atoms with van der Waals surface area (Å²) in [6.07, 6.45) is 0.862. The Kier molecular flexibility index (Phi) is 5.96. The molecule has 5 nitrogen and oxygen atoms in total. The van der Waals surface area contributed by atoms with Gasteiger partial charge in [0, 0.05) is 12.1 Å². The van der Waals surface area contributed by atoms with E-state index in [2.05, 4.69) is 9.62 Å². The second kappa shape index (κ2) is 8.53. The van der Waals surface area contributed by atoms with Crippen molar-refractivity contribution < 1.29 is 27.8 Å². The molecular weight excluding hydrogens is 429 g/mol. The van der Waals surface area contributed by atoms with E-state index < -0.39 is 17.7 Å². The number of ether oxygens (including phenoxy) is 1. The van der Waals surface area contributed by atoms with Crippen molar-refractivity contribution in [2.45, 2.75) is 55.3 Å². The third-order valence-corrected chi connectivity index (χ3v) is 6.84. The largest absolute Gasteiger partial charge is 0.496 e. The van der Waals surface area contributed by atoms with Gasteiger partial charge in [0.05, 0.1) is 34.5 Å². The lowest BCUT2D eigenvalue weighted by Gasteiger charge is -2.38. The molecule has 2 aromatic rings. The average Bonchev–Trinajstić information content (AvgIpc) is 2.98. The highest BCUT2D eigenvalue weighted by Gasteiger charge is 2.38. The number of aromatic carboxylic acids is 1. The van der Waals surface area contributed by atoms with Gasteiger partial charge in [-0.2, -0.15) is 13.2 Å². The number of nitrogens with zero attached hydrogens (tertiary/aromatic N) is 1. The van der Waals surface area contributed by atoms with Crippen LogP contribution in [0.5, 0.6) is 5.75 Å². The maximum Gasteiger partial charge on any atom is 0.416 e. The SMILES string of the molecule is COc1ccc(C(=O)O)cc1SNc1cc(C(F)(F)F)ccc1N1C2CCCC1CC2. The Balaban J connectivity index is 1.68. The summed E-state index contributed by atoms with van der Waals surface area (Å²) < 4.78 is 48.5. The molecule has 0 aliphatic carbocycles. The van der Waals surface area contributed by atoms with Gasteiger partial charge >= 0.3 is 12.1 Å². The highest BCUT2D eigenvalue weighted by atomic mass is 32.2. The smallest absolute Gasteiger partial charge is 0.416 e. The minimum atomic E-state index is -4.46. The Hall–Kier alpha value is -2.55. The third-order valence-electron chi connectivity index (χ3n) is 5.98. The molecule has 4 rings (SSSR count). The summed E-state index contributed by atoms with van der Waals surface area (Å²) in [6, 6.07) is 8.88. The highest BCUT2D eigenvalue weighted by molar-refractivity contribution is 8.00. The molecule has 0 aromatic heterocycles. The molecule has 0 amide bonds. The highest BCUT2D eigenvalue weighted by Crippen LogP contribution is 2.45. The number of fused-ring (bicyclic) bond motifs is 2. The van der Waals surface area contributed by atoms with E-state index in [0.717, 1.165) is 61.9 Å². The molecule has 2 atom stereocenters. The Morgan fingerprint density at radius 2 is 1.84 bits per heavy atom. The molecule has 31 heavy (non-hydrogen) atoms.